The van der Waals surface area contributed by atoms with Crippen LogP contribution < -0.4 is 0 Å². The largest absolute Gasteiger partial charge is 0.275 e. The third-order valence-corrected chi connectivity index (χ3v) is 3.92. The highest BCUT2D eigenvalue weighted by molar-refractivity contribution is 6.30. The van der Waals surface area contributed by atoms with Crippen LogP contribution in [0.4, 0.5) is 0 Å². The summed E-state index contributed by atoms with van der Waals surface area (Å²) in [6, 6.07) is 7.66. The number of rotatable bonds is 3. The first-order valence-corrected chi connectivity index (χ1v) is 6.28. The van der Waals surface area contributed by atoms with Crippen LogP contribution in [0.2, 0.25) is 5.02 Å². The van der Waals surface area contributed by atoms with Gasteiger partial charge in [0.05, 0.1) is 0 Å². The third kappa shape index (κ3) is 1.85. The van der Waals surface area contributed by atoms with Gasteiger partial charge in [0.2, 0.25) is 0 Å². The number of benzene rings is 1. The van der Waals surface area contributed by atoms with Gasteiger partial charge in [-0.3, -0.25) is 14.5 Å². The minimum Gasteiger partial charge on any atom is -0.275 e. The highest BCUT2D eigenvalue weighted by Gasteiger charge is 2.47. The molecule has 1 aromatic rings. The van der Waals surface area contributed by atoms with Crippen LogP contribution in [-0.2, 0) is 15.0 Å². The van der Waals surface area contributed by atoms with Crippen molar-refractivity contribution in [3.05, 3.63) is 47.0 Å². The third-order valence-electron chi connectivity index (χ3n) is 3.67. The summed E-state index contributed by atoms with van der Waals surface area (Å²) in [5.74, 6) is -0.416. The smallest absolute Gasteiger partial charge is 0.253 e. The predicted molar refractivity (Wildman–Crippen MR) is 68.2 cm³/mol. The van der Waals surface area contributed by atoms with Gasteiger partial charge in [0, 0.05) is 29.1 Å². The van der Waals surface area contributed by atoms with Crippen molar-refractivity contribution in [1.29, 1.82) is 0 Å². The van der Waals surface area contributed by atoms with Gasteiger partial charge in [0.1, 0.15) is 0 Å². The number of carbonyl (C=O) groups excluding carboxylic acids is 2. The van der Waals surface area contributed by atoms with Gasteiger partial charge >= 0.3 is 0 Å². The molecule has 0 aromatic heterocycles. The van der Waals surface area contributed by atoms with E-state index in [-0.39, 0.29) is 17.2 Å². The van der Waals surface area contributed by atoms with E-state index in [2.05, 4.69) is 0 Å². The van der Waals surface area contributed by atoms with E-state index in [9.17, 15) is 9.59 Å². The molecule has 0 N–H and O–H groups in total. The van der Waals surface area contributed by atoms with E-state index >= 15 is 0 Å². The predicted octanol–water partition coefficient (Wildman–Crippen LogP) is 2.30. The van der Waals surface area contributed by atoms with E-state index in [1.54, 1.807) is 0 Å². The zero-order chi connectivity index (χ0) is 12.8. The van der Waals surface area contributed by atoms with Crippen LogP contribution in [0, 0.1) is 0 Å². The molecule has 92 valence electrons. The van der Waals surface area contributed by atoms with Gasteiger partial charge < -0.3 is 0 Å². The van der Waals surface area contributed by atoms with Crippen LogP contribution >= 0.6 is 11.6 Å². The van der Waals surface area contributed by atoms with Crippen molar-refractivity contribution in [3.63, 3.8) is 0 Å². The van der Waals surface area contributed by atoms with Crippen LogP contribution in [0.5, 0.6) is 0 Å². The molecule has 0 unspecified atom stereocenters. The molecule has 3 nitrogen and oxygen atoms in total. The fourth-order valence-electron chi connectivity index (χ4n) is 2.38. The van der Waals surface area contributed by atoms with Gasteiger partial charge in [-0.15, -0.1) is 0 Å². The molecule has 4 heteroatoms. The molecule has 1 fully saturated rings. The lowest BCUT2D eigenvalue weighted by Gasteiger charge is -2.22. The zero-order valence-corrected chi connectivity index (χ0v) is 10.5. The topological polar surface area (TPSA) is 37.4 Å². The summed E-state index contributed by atoms with van der Waals surface area (Å²) in [5.41, 5.74) is 1.10. The van der Waals surface area contributed by atoms with Gasteiger partial charge in [-0.05, 0) is 30.5 Å². The zero-order valence-electron chi connectivity index (χ0n) is 9.73. The summed E-state index contributed by atoms with van der Waals surface area (Å²) in [5, 5.41) is 0.699. The van der Waals surface area contributed by atoms with Gasteiger partial charge in [-0.2, -0.15) is 0 Å². The number of nitrogens with zero attached hydrogens (tertiary/aromatic N) is 1. The second-order valence-electron chi connectivity index (χ2n) is 4.88. The first-order valence-electron chi connectivity index (χ1n) is 5.90. The van der Waals surface area contributed by atoms with Gasteiger partial charge in [0.25, 0.3) is 11.8 Å². The number of hydrogen-bond acceptors (Lipinski definition) is 2. The van der Waals surface area contributed by atoms with Crippen LogP contribution in [0.15, 0.2) is 36.4 Å². The van der Waals surface area contributed by atoms with Crippen LogP contribution in [0.1, 0.15) is 18.4 Å². The maximum absolute atomic E-state index is 11.6. The molecule has 1 aliphatic heterocycles. The molecule has 0 spiro atoms. The lowest BCUT2D eigenvalue weighted by Crippen LogP contribution is -2.37. The second kappa shape index (κ2) is 3.95. The summed E-state index contributed by atoms with van der Waals surface area (Å²) in [4.78, 5) is 24.5. The summed E-state index contributed by atoms with van der Waals surface area (Å²) in [6.07, 6.45) is 4.68. The van der Waals surface area contributed by atoms with Crippen molar-refractivity contribution >= 4 is 23.4 Å². The minimum atomic E-state index is -0.208. The Morgan fingerprint density at radius 1 is 1.06 bits per heavy atom. The first kappa shape index (κ1) is 11.5. The van der Waals surface area contributed by atoms with Crippen LogP contribution in [-0.4, -0.2) is 23.3 Å². The Morgan fingerprint density at radius 3 is 2.11 bits per heavy atom. The summed E-state index contributed by atoms with van der Waals surface area (Å²) in [6.45, 7) is 0.472. The lowest BCUT2D eigenvalue weighted by molar-refractivity contribution is -0.137. The van der Waals surface area contributed by atoms with Crippen molar-refractivity contribution in [1.82, 2.24) is 4.90 Å². The number of carbonyl (C=O) groups is 2. The van der Waals surface area contributed by atoms with E-state index in [0.717, 1.165) is 18.4 Å². The van der Waals surface area contributed by atoms with E-state index in [4.69, 9.17) is 11.6 Å². The van der Waals surface area contributed by atoms with Crippen molar-refractivity contribution in [3.8, 4) is 0 Å². The average molecular weight is 262 g/mol. The summed E-state index contributed by atoms with van der Waals surface area (Å²) in [7, 11) is 0. The van der Waals surface area contributed by atoms with E-state index in [1.165, 1.54) is 17.1 Å². The standard InChI is InChI=1S/C14H12ClNO2/c15-11-3-1-10(2-4-11)14(7-8-14)9-16-12(17)5-6-13(16)18/h1-6H,7-9H2. The molecule has 1 aromatic carbocycles. The molecule has 2 amide bonds. The molecule has 1 saturated carbocycles. The average Bonchev–Trinajstić information content (AvgIpc) is 3.08. The van der Waals surface area contributed by atoms with Gasteiger partial charge in [0.15, 0.2) is 0 Å². The SMILES string of the molecule is O=C1C=CC(=O)N1CC1(c2ccc(Cl)cc2)CC1. The van der Waals surface area contributed by atoms with Crippen molar-refractivity contribution in [2.45, 2.75) is 18.3 Å². The molecule has 0 bridgehead atoms. The second-order valence-corrected chi connectivity index (χ2v) is 5.32. The van der Waals surface area contributed by atoms with Crippen molar-refractivity contribution in [2.75, 3.05) is 6.54 Å². The highest BCUT2D eigenvalue weighted by atomic mass is 35.5. The van der Waals surface area contributed by atoms with E-state index in [1.807, 2.05) is 24.3 Å². The number of hydrogen-bond donors (Lipinski definition) is 0. The Labute approximate surface area is 110 Å². The van der Waals surface area contributed by atoms with Crippen LogP contribution in [0.25, 0.3) is 0 Å². The minimum absolute atomic E-state index is 0.0536. The van der Waals surface area contributed by atoms with Gasteiger partial charge in [-0.25, -0.2) is 0 Å². The quantitative estimate of drug-likeness (QED) is 0.783. The maximum Gasteiger partial charge on any atom is 0.253 e. The fraction of sp³-hybridized carbons (Fsp3) is 0.286. The molecule has 3 rings (SSSR count). The Bertz CT molecular complexity index is 525. The molecule has 1 aliphatic carbocycles. The molecule has 18 heavy (non-hydrogen) atoms. The Morgan fingerprint density at radius 2 is 1.61 bits per heavy atom. The van der Waals surface area contributed by atoms with Crippen molar-refractivity contribution < 1.29 is 9.59 Å². The maximum atomic E-state index is 11.6. The summed E-state index contributed by atoms with van der Waals surface area (Å²) < 4.78 is 0. The number of imide groups is 1. The van der Waals surface area contributed by atoms with Gasteiger partial charge in [-0.1, -0.05) is 23.7 Å². The Kier molecular flexibility index (Phi) is 2.52. The highest BCUT2D eigenvalue weighted by Crippen LogP contribution is 2.49. The molecular formula is C14H12ClNO2. The van der Waals surface area contributed by atoms with E-state index < -0.39 is 0 Å². The molecule has 0 saturated heterocycles. The first-order chi connectivity index (χ1) is 8.61. The Balaban J connectivity index is 1.82. The lowest BCUT2D eigenvalue weighted by atomic mass is 9.95. The molecule has 0 atom stereocenters. The molecule has 1 heterocycles. The normalized spacial score (nSPS) is 20.6. The fourth-order valence-corrected chi connectivity index (χ4v) is 2.51. The summed E-state index contributed by atoms with van der Waals surface area (Å²) >= 11 is 5.87. The molecule has 0 radical (unpaired) electrons. The van der Waals surface area contributed by atoms with Crippen LogP contribution in [0.3, 0.4) is 0 Å². The van der Waals surface area contributed by atoms with Crippen molar-refractivity contribution in [2.24, 2.45) is 0 Å². The van der Waals surface area contributed by atoms with E-state index in [0.29, 0.717) is 11.6 Å². The Hall–Kier alpha value is -1.61. The monoisotopic (exact) mass is 261 g/mol. The number of amides is 2. The molecular weight excluding hydrogens is 250 g/mol. The number of halogens is 1. The molecule has 2 aliphatic rings.